The minimum atomic E-state index is -0.907. The zero-order chi connectivity index (χ0) is 18.5. The van der Waals surface area contributed by atoms with E-state index in [0.29, 0.717) is 0 Å². The highest BCUT2D eigenvalue weighted by Gasteiger charge is 2.28. The van der Waals surface area contributed by atoms with Crippen LogP contribution in [-0.2, 0) is 4.79 Å². The summed E-state index contributed by atoms with van der Waals surface area (Å²) in [5.41, 5.74) is 7.60. The molecule has 0 spiro atoms. The first-order valence-corrected chi connectivity index (χ1v) is 8.69. The highest BCUT2D eigenvalue weighted by Crippen LogP contribution is 2.43. The Morgan fingerprint density at radius 1 is 0.958 bits per heavy atom. The summed E-state index contributed by atoms with van der Waals surface area (Å²) in [5, 5.41) is 8.78. The third-order valence-electron chi connectivity index (χ3n) is 4.56. The van der Waals surface area contributed by atoms with Gasteiger partial charge in [0.05, 0.1) is 0 Å². The van der Waals surface area contributed by atoms with Crippen LogP contribution in [0, 0.1) is 5.41 Å². The van der Waals surface area contributed by atoms with Crippen LogP contribution < -0.4 is 0 Å². The number of carboxylic acid groups (broad SMARTS) is 1. The van der Waals surface area contributed by atoms with Crippen LogP contribution >= 0.6 is 0 Å². The van der Waals surface area contributed by atoms with Crippen molar-refractivity contribution < 1.29 is 9.90 Å². The van der Waals surface area contributed by atoms with Crippen molar-refractivity contribution in [1.82, 2.24) is 0 Å². The fourth-order valence-electron chi connectivity index (χ4n) is 3.95. The molecule has 0 amide bonds. The number of allylic oxidation sites excluding steroid dienone is 9. The molecule has 0 radical (unpaired) electrons. The molecule has 1 rings (SSSR count). The number of rotatable bonds is 5. The van der Waals surface area contributed by atoms with Crippen molar-refractivity contribution in [2.75, 3.05) is 0 Å². The van der Waals surface area contributed by atoms with E-state index in [1.165, 1.54) is 47.6 Å². The molecule has 132 valence electrons. The van der Waals surface area contributed by atoms with Crippen molar-refractivity contribution in [3.63, 3.8) is 0 Å². The van der Waals surface area contributed by atoms with Gasteiger partial charge in [-0.3, -0.25) is 0 Å². The van der Waals surface area contributed by atoms with Gasteiger partial charge in [-0.1, -0.05) is 48.8 Å². The Labute approximate surface area is 147 Å². The van der Waals surface area contributed by atoms with Crippen LogP contribution in [0.2, 0.25) is 0 Å². The first kappa shape index (κ1) is 20.2. The standard InChI is InChI=1S/C22H32O2/c1-15(12-17(3)14-20(23)24)11-16(2)13-19(5)21-18(4)9-8-10-22(21,6)7/h11-14H,8-10H2,1-7H3,(H,23,24)/b15-12+,16-11-,17-14+,19-13+. The molecule has 1 aliphatic carbocycles. The van der Waals surface area contributed by atoms with Gasteiger partial charge in [0, 0.05) is 6.08 Å². The molecule has 0 unspecified atom stereocenters. The Hall–Kier alpha value is -1.83. The van der Waals surface area contributed by atoms with E-state index in [4.69, 9.17) is 5.11 Å². The lowest BCUT2D eigenvalue weighted by Gasteiger charge is -2.35. The average molecular weight is 328 g/mol. The number of aliphatic carboxylic acids is 1. The fourth-order valence-corrected chi connectivity index (χ4v) is 3.95. The first-order valence-electron chi connectivity index (χ1n) is 8.69. The normalized spacial score (nSPS) is 20.5. The molecule has 2 nitrogen and oxygen atoms in total. The zero-order valence-electron chi connectivity index (χ0n) is 16.3. The molecule has 0 aromatic carbocycles. The lowest BCUT2D eigenvalue weighted by Crippen LogP contribution is -2.21. The van der Waals surface area contributed by atoms with E-state index in [9.17, 15) is 4.79 Å². The molecule has 2 heteroatoms. The van der Waals surface area contributed by atoms with Crippen LogP contribution in [0.25, 0.3) is 0 Å². The summed E-state index contributed by atoms with van der Waals surface area (Å²) >= 11 is 0. The van der Waals surface area contributed by atoms with Crippen LogP contribution in [0.1, 0.15) is 67.7 Å². The topological polar surface area (TPSA) is 37.3 Å². The molecule has 0 aromatic heterocycles. The molecule has 0 heterocycles. The third kappa shape index (κ3) is 5.99. The van der Waals surface area contributed by atoms with Crippen molar-refractivity contribution in [3.05, 3.63) is 57.7 Å². The van der Waals surface area contributed by atoms with Crippen LogP contribution in [0.4, 0.5) is 0 Å². The van der Waals surface area contributed by atoms with Gasteiger partial charge in [0.15, 0.2) is 0 Å². The van der Waals surface area contributed by atoms with Gasteiger partial charge in [-0.15, -0.1) is 0 Å². The monoisotopic (exact) mass is 328 g/mol. The molecule has 0 saturated heterocycles. The highest BCUT2D eigenvalue weighted by atomic mass is 16.4. The SMILES string of the molecule is CC1=C(/C(C)=C/C(C)=C\C(C)=C\C(C)=C\C(=O)O)C(C)(C)CCC1. The summed E-state index contributed by atoms with van der Waals surface area (Å²) in [5.74, 6) is -0.907. The maximum Gasteiger partial charge on any atom is 0.328 e. The fraction of sp³-hybridized carbons (Fsp3) is 0.500. The van der Waals surface area contributed by atoms with Crippen LogP contribution in [0.3, 0.4) is 0 Å². The van der Waals surface area contributed by atoms with Crippen molar-refractivity contribution in [1.29, 1.82) is 0 Å². The van der Waals surface area contributed by atoms with E-state index in [-0.39, 0.29) is 5.41 Å². The van der Waals surface area contributed by atoms with Gasteiger partial charge in [0.1, 0.15) is 0 Å². The Morgan fingerprint density at radius 2 is 1.46 bits per heavy atom. The molecule has 0 fully saturated rings. The molecule has 0 aliphatic heterocycles. The molecule has 1 N–H and O–H groups in total. The first-order chi connectivity index (χ1) is 11.0. The van der Waals surface area contributed by atoms with Crippen LogP contribution in [0.5, 0.6) is 0 Å². The molecular weight excluding hydrogens is 296 g/mol. The lowest BCUT2D eigenvalue weighted by atomic mass is 9.70. The summed E-state index contributed by atoms with van der Waals surface area (Å²) in [7, 11) is 0. The molecule has 0 atom stereocenters. The van der Waals surface area contributed by atoms with E-state index in [2.05, 4.69) is 46.8 Å². The number of hydrogen-bond acceptors (Lipinski definition) is 1. The number of carbonyl (C=O) groups is 1. The summed E-state index contributed by atoms with van der Waals surface area (Å²) in [4.78, 5) is 10.7. The molecular formula is C22H32O2. The van der Waals surface area contributed by atoms with Gasteiger partial charge in [-0.2, -0.15) is 0 Å². The summed E-state index contributed by atoms with van der Waals surface area (Å²) in [6.45, 7) is 15.1. The maximum absolute atomic E-state index is 10.7. The molecule has 24 heavy (non-hydrogen) atoms. The summed E-state index contributed by atoms with van der Waals surface area (Å²) in [6, 6.07) is 0. The minimum Gasteiger partial charge on any atom is -0.478 e. The summed E-state index contributed by atoms with van der Waals surface area (Å²) < 4.78 is 0. The van der Waals surface area contributed by atoms with Gasteiger partial charge in [0.25, 0.3) is 0 Å². The van der Waals surface area contributed by atoms with Crippen molar-refractivity contribution in [3.8, 4) is 0 Å². The predicted octanol–water partition coefficient (Wildman–Crippen LogP) is 6.38. The van der Waals surface area contributed by atoms with E-state index in [0.717, 1.165) is 11.1 Å². The second-order valence-corrected chi connectivity index (χ2v) is 7.72. The molecule has 0 saturated carbocycles. The smallest absolute Gasteiger partial charge is 0.328 e. The van der Waals surface area contributed by atoms with E-state index in [1.54, 1.807) is 6.92 Å². The average Bonchev–Trinajstić information content (AvgIpc) is 2.34. The predicted molar refractivity (Wildman–Crippen MR) is 103 cm³/mol. The van der Waals surface area contributed by atoms with Gasteiger partial charge in [-0.05, 0) is 76.0 Å². The van der Waals surface area contributed by atoms with Crippen molar-refractivity contribution in [2.45, 2.75) is 67.7 Å². The summed E-state index contributed by atoms with van der Waals surface area (Å²) in [6.07, 6.45) is 11.2. The number of hydrogen-bond donors (Lipinski definition) is 1. The van der Waals surface area contributed by atoms with Gasteiger partial charge >= 0.3 is 5.97 Å². The Kier molecular flexibility index (Phi) is 7.01. The van der Waals surface area contributed by atoms with Gasteiger partial charge in [-0.25, -0.2) is 4.79 Å². The molecule has 0 aromatic rings. The van der Waals surface area contributed by atoms with E-state index < -0.39 is 5.97 Å². The highest BCUT2D eigenvalue weighted by molar-refractivity contribution is 5.81. The molecule has 1 aliphatic rings. The van der Waals surface area contributed by atoms with E-state index >= 15 is 0 Å². The largest absolute Gasteiger partial charge is 0.478 e. The maximum atomic E-state index is 10.7. The lowest BCUT2D eigenvalue weighted by molar-refractivity contribution is -0.131. The minimum absolute atomic E-state index is 0.245. The van der Waals surface area contributed by atoms with Crippen LogP contribution in [-0.4, -0.2) is 11.1 Å². The van der Waals surface area contributed by atoms with Crippen molar-refractivity contribution in [2.24, 2.45) is 5.41 Å². The van der Waals surface area contributed by atoms with Gasteiger partial charge < -0.3 is 5.11 Å². The Morgan fingerprint density at radius 3 is 1.96 bits per heavy atom. The van der Waals surface area contributed by atoms with Gasteiger partial charge in [0.2, 0.25) is 0 Å². The van der Waals surface area contributed by atoms with Crippen LogP contribution in [0.15, 0.2) is 57.7 Å². The second-order valence-electron chi connectivity index (χ2n) is 7.72. The van der Waals surface area contributed by atoms with Crippen molar-refractivity contribution >= 4 is 5.97 Å². The number of carboxylic acids is 1. The van der Waals surface area contributed by atoms with E-state index in [1.807, 2.05) is 13.0 Å². The quantitative estimate of drug-likeness (QED) is 0.469. The third-order valence-corrected chi connectivity index (χ3v) is 4.56. The Balaban J connectivity index is 3.07. The zero-order valence-corrected chi connectivity index (χ0v) is 16.3. The Bertz CT molecular complexity index is 649. The molecule has 0 bridgehead atoms. The second kappa shape index (κ2) is 8.32.